The summed E-state index contributed by atoms with van der Waals surface area (Å²) in [6, 6.07) is 5.67. The fourth-order valence-corrected chi connectivity index (χ4v) is 3.00. The van der Waals surface area contributed by atoms with Crippen LogP contribution in [0.25, 0.3) is 0 Å². The number of nitrogens with zero attached hydrogens (tertiary/aromatic N) is 1. The van der Waals surface area contributed by atoms with Crippen molar-refractivity contribution in [3.05, 3.63) is 33.3 Å². The smallest absolute Gasteiger partial charge is 0.254 e. The molecule has 1 aliphatic heterocycles. The van der Waals surface area contributed by atoms with E-state index in [9.17, 15) is 4.79 Å². The third-order valence-corrected chi connectivity index (χ3v) is 4.78. The quantitative estimate of drug-likeness (QED) is 0.749. The summed E-state index contributed by atoms with van der Waals surface area (Å²) in [5, 5.41) is 0.631. The number of hydrogen-bond acceptors (Lipinski definition) is 1. The van der Waals surface area contributed by atoms with Gasteiger partial charge in [-0.15, -0.1) is 0 Å². The maximum absolute atomic E-state index is 12.4. The summed E-state index contributed by atoms with van der Waals surface area (Å²) < 4.78 is 0.771. The van der Waals surface area contributed by atoms with Gasteiger partial charge in [0, 0.05) is 22.6 Å². The van der Waals surface area contributed by atoms with Gasteiger partial charge in [-0.1, -0.05) is 18.5 Å². The van der Waals surface area contributed by atoms with E-state index in [1.807, 2.05) is 4.90 Å². The molecule has 0 aliphatic carbocycles. The maximum atomic E-state index is 12.4. The lowest BCUT2D eigenvalue weighted by atomic mass is 9.93. The Bertz CT molecular complexity index is 463. The first-order valence-electron chi connectivity index (χ1n) is 6.25. The molecule has 0 saturated carbocycles. The lowest BCUT2D eigenvalue weighted by Crippen LogP contribution is -2.44. The van der Waals surface area contributed by atoms with Gasteiger partial charge < -0.3 is 4.90 Å². The largest absolute Gasteiger partial charge is 0.336 e. The highest BCUT2D eigenvalue weighted by atomic mass is 79.9. The summed E-state index contributed by atoms with van der Waals surface area (Å²) in [6.45, 7) is 5.22. The molecule has 2 nitrogen and oxygen atoms in total. The third-order valence-electron chi connectivity index (χ3n) is 3.57. The van der Waals surface area contributed by atoms with Crippen LogP contribution < -0.4 is 0 Å². The molecule has 1 saturated heterocycles. The molecule has 18 heavy (non-hydrogen) atoms. The first kappa shape index (κ1) is 13.9. The van der Waals surface area contributed by atoms with Gasteiger partial charge in [0.2, 0.25) is 0 Å². The van der Waals surface area contributed by atoms with Crippen molar-refractivity contribution in [1.82, 2.24) is 4.90 Å². The van der Waals surface area contributed by atoms with Crippen molar-refractivity contribution in [2.45, 2.75) is 32.7 Å². The Morgan fingerprint density at radius 2 is 2.17 bits per heavy atom. The maximum Gasteiger partial charge on any atom is 0.254 e. The van der Waals surface area contributed by atoms with Crippen molar-refractivity contribution in [1.29, 1.82) is 0 Å². The summed E-state index contributed by atoms with van der Waals surface area (Å²) in [7, 11) is 0. The van der Waals surface area contributed by atoms with E-state index in [-0.39, 0.29) is 5.91 Å². The van der Waals surface area contributed by atoms with E-state index in [1.165, 1.54) is 0 Å². The van der Waals surface area contributed by atoms with Crippen LogP contribution >= 0.6 is 27.5 Å². The minimum Gasteiger partial charge on any atom is -0.336 e. The van der Waals surface area contributed by atoms with Gasteiger partial charge in [-0.05, 0) is 59.8 Å². The van der Waals surface area contributed by atoms with Gasteiger partial charge in [0.25, 0.3) is 5.91 Å². The van der Waals surface area contributed by atoms with Crippen LogP contribution in [0.3, 0.4) is 0 Å². The molecule has 0 aromatic heterocycles. The molecular weight excluding hydrogens is 314 g/mol. The van der Waals surface area contributed by atoms with Gasteiger partial charge in [0.1, 0.15) is 0 Å². The van der Waals surface area contributed by atoms with Crippen molar-refractivity contribution in [2.75, 3.05) is 6.54 Å². The Morgan fingerprint density at radius 3 is 2.78 bits per heavy atom. The molecule has 1 heterocycles. The van der Waals surface area contributed by atoms with Crippen molar-refractivity contribution >= 4 is 33.4 Å². The SMILES string of the molecule is CC1CCN(C(=O)c2ccc(Cl)c(Br)c2)C(C)C1. The highest BCUT2D eigenvalue weighted by molar-refractivity contribution is 9.10. The number of rotatable bonds is 1. The highest BCUT2D eigenvalue weighted by Crippen LogP contribution is 2.27. The van der Waals surface area contributed by atoms with E-state index >= 15 is 0 Å². The molecule has 98 valence electrons. The van der Waals surface area contributed by atoms with Gasteiger partial charge in [-0.2, -0.15) is 0 Å². The number of hydrogen-bond donors (Lipinski definition) is 0. The second-order valence-electron chi connectivity index (χ2n) is 5.11. The van der Waals surface area contributed by atoms with Gasteiger partial charge >= 0.3 is 0 Å². The molecule has 2 atom stereocenters. The normalized spacial score (nSPS) is 24.1. The van der Waals surface area contributed by atoms with Crippen LogP contribution in [0.5, 0.6) is 0 Å². The Hall–Kier alpha value is -0.540. The Morgan fingerprint density at radius 1 is 1.44 bits per heavy atom. The molecule has 4 heteroatoms. The molecule has 1 amide bonds. The molecule has 1 aromatic rings. The number of amides is 1. The van der Waals surface area contributed by atoms with Crippen LogP contribution in [0, 0.1) is 5.92 Å². The predicted octanol–water partition coefficient (Wildman–Crippen LogP) is 4.36. The standard InChI is InChI=1S/C14H17BrClNO/c1-9-5-6-17(10(2)7-9)14(18)11-3-4-13(16)12(15)8-11/h3-4,8-10H,5-7H2,1-2H3. The number of likely N-dealkylation sites (tertiary alicyclic amines) is 1. The fraction of sp³-hybridized carbons (Fsp3) is 0.500. The minimum atomic E-state index is 0.103. The van der Waals surface area contributed by atoms with Crippen molar-refractivity contribution < 1.29 is 4.79 Å². The van der Waals surface area contributed by atoms with Crippen LogP contribution in [0.1, 0.15) is 37.0 Å². The van der Waals surface area contributed by atoms with E-state index in [2.05, 4.69) is 29.8 Å². The molecule has 1 fully saturated rings. The highest BCUT2D eigenvalue weighted by Gasteiger charge is 2.27. The molecule has 0 N–H and O–H groups in total. The lowest BCUT2D eigenvalue weighted by Gasteiger charge is -2.36. The second kappa shape index (κ2) is 5.62. The van der Waals surface area contributed by atoms with Gasteiger partial charge in [-0.3, -0.25) is 4.79 Å². The second-order valence-corrected chi connectivity index (χ2v) is 6.37. The van der Waals surface area contributed by atoms with Crippen LogP contribution in [0.15, 0.2) is 22.7 Å². The van der Waals surface area contributed by atoms with E-state index in [0.717, 1.165) is 23.9 Å². The van der Waals surface area contributed by atoms with Crippen LogP contribution in [0.4, 0.5) is 0 Å². The average molecular weight is 331 g/mol. The molecule has 2 unspecified atom stereocenters. The van der Waals surface area contributed by atoms with Crippen LogP contribution in [-0.2, 0) is 0 Å². The topological polar surface area (TPSA) is 20.3 Å². The summed E-state index contributed by atoms with van der Waals surface area (Å²) in [4.78, 5) is 14.4. The van der Waals surface area contributed by atoms with Gasteiger partial charge in [0.15, 0.2) is 0 Å². The molecular formula is C14H17BrClNO. The molecule has 0 bridgehead atoms. The number of halogens is 2. The third kappa shape index (κ3) is 2.89. The summed E-state index contributed by atoms with van der Waals surface area (Å²) in [5.74, 6) is 0.813. The van der Waals surface area contributed by atoms with E-state index in [1.54, 1.807) is 18.2 Å². The molecule has 0 radical (unpaired) electrons. The number of piperidine rings is 1. The summed E-state index contributed by atoms with van der Waals surface area (Å²) in [6.07, 6.45) is 2.17. The van der Waals surface area contributed by atoms with E-state index in [4.69, 9.17) is 11.6 Å². The molecule has 1 aliphatic rings. The molecule has 2 rings (SSSR count). The van der Waals surface area contributed by atoms with Crippen molar-refractivity contribution in [2.24, 2.45) is 5.92 Å². The predicted molar refractivity (Wildman–Crippen MR) is 78.0 cm³/mol. The van der Waals surface area contributed by atoms with E-state index in [0.29, 0.717) is 22.5 Å². The van der Waals surface area contributed by atoms with Crippen LogP contribution in [-0.4, -0.2) is 23.4 Å². The molecule has 0 spiro atoms. The average Bonchev–Trinajstić information content (AvgIpc) is 2.32. The zero-order valence-electron chi connectivity index (χ0n) is 10.6. The van der Waals surface area contributed by atoms with Gasteiger partial charge in [-0.25, -0.2) is 0 Å². The number of benzene rings is 1. The Balaban J connectivity index is 2.18. The van der Waals surface area contributed by atoms with Crippen molar-refractivity contribution in [3.63, 3.8) is 0 Å². The minimum absolute atomic E-state index is 0.103. The zero-order chi connectivity index (χ0) is 13.3. The summed E-state index contributed by atoms with van der Waals surface area (Å²) >= 11 is 9.31. The lowest BCUT2D eigenvalue weighted by molar-refractivity contribution is 0.0588. The first-order valence-corrected chi connectivity index (χ1v) is 7.42. The van der Waals surface area contributed by atoms with E-state index < -0.39 is 0 Å². The zero-order valence-corrected chi connectivity index (χ0v) is 13.0. The number of carbonyl (C=O) groups excluding carboxylic acids is 1. The Kier molecular flexibility index (Phi) is 4.33. The Labute approximate surface area is 121 Å². The van der Waals surface area contributed by atoms with Gasteiger partial charge in [0.05, 0.1) is 5.02 Å². The monoisotopic (exact) mass is 329 g/mol. The van der Waals surface area contributed by atoms with Crippen LogP contribution in [0.2, 0.25) is 5.02 Å². The summed E-state index contributed by atoms with van der Waals surface area (Å²) in [5.41, 5.74) is 0.702. The first-order chi connectivity index (χ1) is 8.49. The molecule has 1 aromatic carbocycles. The van der Waals surface area contributed by atoms with Crippen molar-refractivity contribution in [3.8, 4) is 0 Å². The number of carbonyl (C=O) groups is 1. The fourth-order valence-electron chi connectivity index (χ4n) is 2.50.